The van der Waals surface area contributed by atoms with E-state index in [2.05, 4.69) is 54.5 Å². The number of ether oxygens (including phenoxy) is 1. The van der Waals surface area contributed by atoms with Crippen molar-refractivity contribution in [1.29, 1.82) is 0 Å². The van der Waals surface area contributed by atoms with Gasteiger partial charge in [0.25, 0.3) is 0 Å². The zero-order valence-electron chi connectivity index (χ0n) is 13.6. The lowest BCUT2D eigenvalue weighted by Gasteiger charge is -2.22. The van der Waals surface area contributed by atoms with Crippen LogP contribution in [-0.4, -0.2) is 50.3 Å². The van der Waals surface area contributed by atoms with E-state index in [4.69, 9.17) is 4.74 Å². The number of hydrogen-bond donors (Lipinski definition) is 2. The van der Waals surface area contributed by atoms with E-state index in [1.807, 2.05) is 0 Å². The first kappa shape index (κ1) is 16.1. The Kier molecular flexibility index (Phi) is 6.33. The molecule has 2 N–H and O–H groups in total. The number of fused-ring (bicyclic) bond motifs is 1. The van der Waals surface area contributed by atoms with E-state index in [0.717, 1.165) is 57.2 Å². The van der Waals surface area contributed by atoms with Crippen LogP contribution in [0.15, 0.2) is 18.2 Å². The predicted octanol–water partition coefficient (Wildman–Crippen LogP) is 2.35. The topological polar surface area (TPSA) is 36.5 Å². The fourth-order valence-corrected chi connectivity index (χ4v) is 2.75. The molecule has 0 amide bonds. The second kappa shape index (κ2) is 8.25. The van der Waals surface area contributed by atoms with Crippen LogP contribution in [0.2, 0.25) is 0 Å². The van der Waals surface area contributed by atoms with Gasteiger partial charge >= 0.3 is 0 Å². The molecule has 4 heteroatoms. The first-order valence-electron chi connectivity index (χ1n) is 8.18. The molecule has 0 radical (unpaired) electrons. The van der Waals surface area contributed by atoms with Gasteiger partial charge in [0.15, 0.2) is 0 Å². The van der Waals surface area contributed by atoms with Crippen LogP contribution >= 0.6 is 0 Å². The highest BCUT2D eigenvalue weighted by atomic mass is 16.5. The van der Waals surface area contributed by atoms with Crippen LogP contribution in [0.5, 0.6) is 5.75 Å². The average molecular weight is 291 g/mol. The molecule has 1 aromatic rings. The average Bonchev–Trinajstić information content (AvgIpc) is 2.51. The summed E-state index contributed by atoms with van der Waals surface area (Å²) in [5.41, 5.74) is 2.49. The van der Waals surface area contributed by atoms with Gasteiger partial charge in [-0.25, -0.2) is 0 Å². The lowest BCUT2D eigenvalue weighted by molar-refractivity contribution is 0.297. The van der Waals surface area contributed by atoms with Crippen LogP contribution in [0.1, 0.15) is 26.3 Å². The summed E-state index contributed by atoms with van der Waals surface area (Å²) in [4.78, 5) is 2.44. The van der Waals surface area contributed by atoms with Crippen molar-refractivity contribution in [3.8, 4) is 5.75 Å². The van der Waals surface area contributed by atoms with Crippen molar-refractivity contribution in [3.05, 3.63) is 23.8 Å². The maximum Gasteiger partial charge on any atom is 0.142 e. The van der Waals surface area contributed by atoms with Crippen molar-refractivity contribution >= 4 is 5.69 Å². The fourth-order valence-electron chi connectivity index (χ4n) is 2.75. The predicted molar refractivity (Wildman–Crippen MR) is 89.4 cm³/mol. The number of nitrogens with one attached hydrogen (secondary N) is 2. The molecule has 1 aliphatic heterocycles. The van der Waals surface area contributed by atoms with Crippen molar-refractivity contribution in [2.45, 2.75) is 33.2 Å². The van der Waals surface area contributed by atoms with Gasteiger partial charge in [-0.15, -0.1) is 0 Å². The molecule has 1 aliphatic rings. The maximum absolute atomic E-state index is 5.62. The normalized spacial score (nSPS) is 15.2. The number of likely N-dealkylation sites (N-methyl/N-ethyl adjacent to an activating group) is 1. The minimum absolute atomic E-state index is 0.489. The number of anilines is 1. The SMILES string of the molecule is CCN(CC)CCNC(C)Cc1ccc2c(c1)NCCO2. The second-order valence-corrected chi connectivity index (χ2v) is 5.69. The summed E-state index contributed by atoms with van der Waals surface area (Å²) < 4.78 is 5.62. The highest BCUT2D eigenvalue weighted by Crippen LogP contribution is 2.28. The van der Waals surface area contributed by atoms with Gasteiger partial charge in [0.05, 0.1) is 5.69 Å². The van der Waals surface area contributed by atoms with Crippen LogP contribution < -0.4 is 15.4 Å². The zero-order chi connectivity index (χ0) is 15.1. The van der Waals surface area contributed by atoms with Gasteiger partial charge in [-0.3, -0.25) is 0 Å². The van der Waals surface area contributed by atoms with Crippen molar-refractivity contribution < 1.29 is 4.74 Å². The Bertz CT molecular complexity index is 432. The van der Waals surface area contributed by atoms with Gasteiger partial charge in [-0.2, -0.15) is 0 Å². The van der Waals surface area contributed by atoms with Crippen LogP contribution in [0.4, 0.5) is 5.69 Å². The van der Waals surface area contributed by atoms with Crippen LogP contribution in [-0.2, 0) is 6.42 Å². The van der Waals surface area contributed by atoms with E-state index in [0.29, 0.717) is 6.04 Å². The van der Waals surface area contributed by atoms with Gasteiger partial charge in [-0.1, -0.05) is 19.9 Å². The minimum atomic E-state index is 0.489. The van der Waals surface area contributed by atoms with Gasteiger partial charge < -0.3 is 20.3 Å². The van der Waals surface area contributed by atoms with Crippen LogP contribution in [0.25, 0.3) is 0 Å². The molecule has 2 rings (SSSR count). The third-order valence-corrected chi connectivity index (χ3v) is 4.08. The molecule has 21 heavy (non-hydrogen) atoms. The molecule has 0 aliphatic carbocycles. The quantitative estimate of drug-likeness (QED) is 0.771. The number of benzene rings is 1. The largest absolute Gasteiger partial charge is 0.490 e. The first-order chi connectivity index (χ1) is 10.2. The molecule has 1 aromatic carbocycles. The highest BCUT2D eigenvalue weighted by Gasteiger charge is 2.11. The number of rotatable bonds is 8. The molecule has 0 bridgehead atoms. The molecule has 118 valence electrons. The number of hydrogen-bond acceptors (Lipinski definition) is 4. The summed E-state index contributed by atoms with van der Waals surface area (Å²) in [7, 11) is 0. The molecule has 0 aromatic heterocycles. The summed E-state index contributed by atoms with van der Waals surface area (Å²) in [6, 6.07) is 6.97. The van der Waals surface area contributed by atoms with Gasteiger partial charge in [0, 0.05) is 25.7 Å². The van der Waals surface area contributed by atoms with E-state index in [1.54, 1.807) is 0 Å². The highest BCUT2D eigenvalue weighted by molar-refractivity contribution is 5.59. The monoisotopic (exact) mass is 291 g/mol. The van der Waals surface area contributed by atoms with Crippen molar-refractivity contribution in [1.82, 2.24) is 10.2 Å². The molecule has 0 saturated carbocycles. The smallest absolute Gasteiger partial charge is 0.142 e. The van der Waals surface area contributed by atoms with E-state index in [-0.39, 0.29) is 0 Å². The van der Waals surface area contributed by atoms with E-state index in [1.165, 1.54) is 5.56 Å². The van der Waals surface area contributed by atoms with E-state index >= 15 is 0 Å². The molecular weight excluding hydrogens is 262 g/mol. The Balaban J connectivity index is 1.78. The van der Waals surface area contributed by atoms with Gasteiger partial charge in [-0.05, 0) is 44.1 Å². The molecule has 0 fully saturated rings. The molecule has 4 nitrogen and oxygen atoms in total. The summed E-state index contributed by atoms with van der Waals surface area (Å²) in [6.45, 7) is 12.8. The van der Waals surface area contributed by atoms with Crippen molar-refractivity contribution in [2.24, 2.45) is 0 Å². The van der Waals surface area contributed by atoms with E-state index in [9.17, 15) is 0 Å². The minimum Gasteiger partial charge on any atom is -0.490 e. The third-order valence-electron chi connectivity index (χ3n) is 4.08. The Labute approximate surface area is 128 Å². The van der Waals surface area contributed by atoms with Crippen LogP contribution in [0, 0.1) is 0 Å². The molecule has 1 atom stereocenters. The van der Waals surface area contributed by atoms with Crippen LogP contribution in [0.3, 0.4) is 0 Å². The standard InChI is InChI=1S/C17H29N3O/c1-4-20(5-2)10-8-18-14(3)12-15-6-7-17-16(13-15)19-9-11-21-17/h6-7,13-14,18-19H,4-5,8-12H2,1-3H3. The molecular formula is C17H29N3O. The summed E-state index contributed by atoms with van der Waals surface area (Å²) in [5.74, 6) is 0.979. The Morgan fingerprint density at radius 2 is 2.14 bits per heavy atom. The molecule has 0 spiro atoms. The van der Waals surface area contributed by atoms with E-state index < -0.39 is 0 Å². The molecule has 0 saturated heterocycles. The maximum atomic E-state index is 5.62. The summed E-state index contributed by atoms with van der Waals surface area (Å²) in [6.07, 6.45) is 1.05. The summed E-state index contributed by atoms with van der Waals surface area (Å²) in [5, 5.41) is 7.01. The zero-order valence-corrected chi connectivity index (χ0v) is 13.6. The van der Waals surface area contributed by atoms with Crippen molar-refractivity contribution in [2.75, 3.05) is 44.6 Å². The van der Waals surface area contributed by atoms with Gasteiger partial charge in [0.2, 0.25) is 0 Å². The lowest BCUT2D eigenvalue weighted by Crippen LogP contribution is -2.36. The van der Waals surface area contributed by atoms with Crippen molar-refractivity contribution in [3.63, 3.8) is 0 Å². The summed E-state index contributed by atoms with van der Waals surface area (Å²) >= 11 is 0. The first-order valence-corrected chi connectivity index (χ1v) is 8.18. The second-order valence-electron chi connectivity index (χ2n) is 5.69. The Hall–Kier alpha value is -1.26. The fraction of sp³-hybridized carbons (Fsp3) is 0.647. The lowest BCUT2D eigenvalue weighted by atomic mass is 10.1. The molecule has 1 unspecified atom stereocenters. The van der Waals surface area contributed by atoms with Gasteiger partial charge in [0.1, 0.15) is 12.4 Å². The molecule has 1 heterocycles. The number of nitrogens with zero attached hydrogens (tertiary/aromatic N) is 1. The Morgan fingerprint density at radius 1 is 1.33 bits per heavy atom. The Morgan fingerprint density at radius 3 is 2.90 bits per heavy atom. The third kappa shape index (κ3) is 4.90.